The highest BCUT2D eigenvalue weighted by Crippen LogP contribution is 2.29. The first kappa shape index (κ1) is 22.4. The molecule has 0 aliphatic carbocycles. The van der Waals surface area contributed by atoms with Crippen LogP contribution in [0.15, 0.2) is 24.3 Å². The zero-order valence-corrected chi connectivity index (χ0v) is 17.5. The van der Waals surface area contributed by atoms with E-state index < -0.39 is 26.8 Å². The third kappa shape index (κ3) is 4.91. The minimum absolute atomic E-state index is 0.0687. The van der Waals surface area contributed by atoms with Crippen molar-refractivity contribution in [1.82, 2.24) is 15.1 Å². The summed E-state index contributed by atoms with van der Waals surface area (Å²) in [7, 11) is -3.94. The molecule has 29 heavy (non-hydrogen) atoms. The summed E-state index contributed by atoms with van der Waals surface area (Å²) in [6.07, 6.45) is 1.02. The Morgan fingerprint density at radius 2 is 1.93 bits per heavy atom. The molecule has 2 aliphatic rings. The molecule has 4 N–H and O–H groups in total. The smallest absolute Gasteiger partial charge is 0.278 e. The molecule has 11 heteroatoms. The van der Waals surface area contributed by atoms with Crippen molar-refractivity contribution in [2.24, 2.45) is 0 Å². The summed E-state index contributed by atoms with van der Waals surface area (Å²) < 4.78 is 33.4. The summed E-state index contributed by atoms with van der Waals surface area (Å²) in [5.74, 6) is -1.13. The van der Waals surface area contributed by atoms with Gasteiger partial charge in [0.15, 0.2) is 5.60 Å². The average Bonchev–Trinajstić information content (AvgIpc) is 2.73. The van der Waals surface area contributed by atoms with E-state index in [1.165, 1.54) is 9.79 Å². The van der Waals surface area contributed by atoms with Crippen LogP contribution in [-0.4, -0.2) is 72.1 Å². The summed E-state index contributed by atoms with van der Waals surface area (Å²) in [6.45, 7) is 1.01. The number of β-amino-alcohol motifs (C(OH)–C–C–N with tert-alkyl or cyclic N) is 1. The van der Waals surface area contributed by atoms with E-state index in [0.717, 1.165) is 5.56 Å². The van der Waals surface area contributed by atoms with Gasteiger partial charge in [0, 0.05) is 24.7 Å². The van der Waals surface area contributed by atoms with Crippen molar-refractivity contribution in [3.63, 3.8) is 0 Å². The van der Waals surface area contributed by atoms with E-state index in [4.69, 9.17) is 21.5 Å². The summed E-state index contributed by atoms with van der Waals surface area (Å²) >= 11 is 5.87. The highest BCUT2D eigenvalue weighted by Gasteiger charge is 2.53. The van der Waals surface area contributed by atoms with Gasteiger partial charge in [-0.25, -0.2) is 18.2 Å². The van der Waals surface area contributed by atoms with Crippen LogP contribution in [-0.2, 0) is 26.2 Å². The molecule has 3 rings (SSSR count). The molecule has 2 atom stereocenters. The van der Waals surface area contributed by atoms with E-state index in [1.54, 1.807) is 12.1 Å². The molecule has 1 aromatic carbocycles. The molecule has 2 aliphatic heterocycles. The quantitative estimate of drug-likeness (QED) is 0.363. The van der Waals surface area contributed by atoms with E-state index in [-0.39, 0.29) is 32.2 Å². The van der Waals surface area contributed by atoms with Gasteiger partial charge in [0.2, 0.25) is 10.0 Å². The van der Waals surface area contributed by atoms with E-state index in [9.17, 15) is 18.3 Å². The number of ether oxygens (including phenoxy) is 1. The number of rotatable bonds is 6. The molecule has 0 bridgehead atoms. The van der Waals surface area contributed by atoms with E-state index >= 15 is 0 Å². The van der Waals surface area contributed by atoms with Crippen molar-refractivity contribution < 1.29 is 28.3 Å². The Morgan fingerprint density at radius 3 is 2.55 bits per heavy atom. The molecule has 0 radical (unpaired) electrons. The fourth-order valence-corrected chi connectivity index (χ4v) is 6.12. The number of nitrogens with zero attached hydrogens (tertiary/aromatic N) is 1. The number of amides is 1. The monoisotopic (exact) mass is 447 g/mol. The molecule has 2 unspecified atom stereocenters. The number of hydrogen-bond acceptors (Lipinski definition) is 7. The normalized spacial score (nSPS) is 26.9. The maximum absolute atomic E-state index is 13.1. The standard InChI is InChI=1S/C18H26ClN3O6S/c19-14-3-1-13(2-4-14)11-28-15-6-9-22(10-7-15)29(26,27)16-5-8-20-12-18(16,24)17(23)21-25/h1-4,15-16,20,24-25H,5-12H2,(H,21,23). The van der Waals surface area contributed by atoms with Gasteiger partial charge in [-0.3, -0.25) is 10.0 Å². The molecule has 0 spiro atoms. The summed E-state index contributed by atoms with van der Waals surface area (Å²) in [5, 5.41) is 21.7. The second kappa shape index (κ2) is 9.25. The first-order chi connectivity index (χ1) is 13.8. The van der Waals surface area contributed by atoms with Crippen LogP contribution in [0.4, 0.5) is 0 Å². The largest absolute Gasteiger partial charge is 0.377 e. The van der Waals surface area contributed by atoms with Crippen molar-refractivity contribution in [3.8, 4) is 0 Å². The van der Waals surface area contributed by atoms with Crippen molar-refractivity contribution in [2.45, 2.75) is 42.8 Å². The molecule has 1 aromatic rings. The van der Waals surface area contributed by atoms with Crippen LogP contribution in [0.3, 0.4) is 0 Å². The molecular formula is C18H26ClN3O6S. The van der Waals surface area contributed by atoms with Gasteiger partial charge in [0.25, 0.3) is 5.91 Å². The van der Waals surface area contributed by atoms with Gasteiger partial charge in [-0.05, 0) is 43.5 Å². The molecule has 0 saturated carbocycles. The zero-order chi connectivity index (χ0) is 21.1. The lowest BCUT2D eigenvalue weighted by atomic mass is 9.93. The molecule has 2 heterocycles. The van der Waals surface area contributed by atoms with Gasteiger partial charge in [-0.15, -0.1) is 0 Å². The molecule has 0 aromatic heterocycles. The van der Waals surface area contributed by atoms with E-state index in [1.807, 2.05) is 12.1 Å². The number of sulfonamides is 1. The second-order valence-electron chi connectivity index (χ2n) is 7.40. The Morgan fingerprint density at radius 1 is 1.28 bits per heavy atom. The maximum Gasteiger partial charge on any atom is 0.278 e. The SMILES string of the molecule is O=C(NO)C1(O)CNCCC1S(=O)(=O)N1CCC(OCc2ccc(Cl)cc2)CC1. The molecule has 9 nitrogen and oxygen atoms in total. The van der Waals surface area contributed by atoms with Crippen LogP contribution in [0.2, 0.25) is 5.02 Å². The number of nitrogens with one attached hydrogen (secondary N) is 2. The Hall–Kier alpha value is -1.27. The van der Waals surface area contributed by atoms with Crippen LogP contribution >= 0.6 is 11.6 Å². The van der Waals surface area contributed by atoms with Crippen LogP contribution < -0.4 is 10.8 Å². The minimum atomic E-state index is -3.94. The lowest BCUT2D eigenvalue weighted by Crippen LogP contribution is -2.67. The van der Waals surface area contributed by atoms with Gasteiger partial charge in [0.1, 0.15) is 5.25 Å². The van der Waals surface area contributed by atoms with Gasteiger partial charge in [-0.1, -0.05) is 23.7 Å². The first-order valence-corrected chi connectivity index (χ1v) is 11.4. The summed E-state index contributed by atoms with van der Waals surface area (Å²) in [6, 6.07) is 7.34. The third-order valence-corrected chi connectivity index (χ3v) is 8.21. The summed E-state index contributed by atoms with van der Waals surface area (Å²) in [4.78, 5) is 12.0. The zero-order valence-electron chi connectivity index (χ0n) is 15.9. The van der Waals surface area contributed by atoms with Crippen LogP contribution in [0.25, 0.3) is 0 Å². The molecule has 162 valence electrons. The van der Waals surface area contributed by atoms with Crippen molar-refractivity contribution in [1.29, 1.82) is 0 Å². The average molecular weight is 448 g/mol. The highest BCUT2D eigenvalue weighted by atomic mass is 35.5. The number of benzene rings is 1. The predicted molar refractivity (Wildman–Crippen MR) is 106 cm³/mol. The predicted octanol–water partition coefficient (Wildman–Crippen LogP) is 0.249. The van der Waals surface area contributed by atoms with E-state index in [0.29, 0.717) is 31.0 Å². The van der Waals surface area contributed by atoms with Gasteiger partial charge < -0.3 is 15.2 Å². The van der Waals surface area contributed by atoms with E-state index in [2.05, 4.69) is 5.32 Å². The minimum Gasteiger partial charge on any atom is -0.377 e. The van der Waals surface area contributed by atoms with Gasteiger partial charge in [0.05, 0.1) is 12.7 Å². The lowest BCUT2D eigenvalue weighted by Gasteiger charge is -2.41. The Balaban J connectivity index is 1.60. The number of carbonyl (C=O) groups is 1. The number of hydroxylamine groups is 1. The molecular weight excluding hydrogens is 422 g/mol. The highest BCUT2D eigenvalue weighted by molar-refractivity contribution is 7.89. The molecule has 1 amide bonds. The number of carbonyl (C=O) groups excluding carboxylic acids is 1. The molecule has 2 saturated heterocycles. The Bertz CT molecular complexity index is 813. The fraction of sp³-hybridized carbons (Fsp3) is 0.611. The second-order valence-corrected chi connectivity index (χ2v) is 9.95. The van der Waals surface area contributed by atoms with Crippen LogP contribution in [0.1, 0.15) is 24.8 Å². The van der Waals surface area contributed by atoms with Crippen molar-refractivity contribution in [2.75, 3.05) is 26.2 Å². The van der Waals surface area contributed by atoms with Gasteiger partial charge in [-0.2, -0.15) is 0 Å². The van der Waals surface area contributed by atoms with Crippen molar-refractivity contribution in [3.05, 3.63) is 34.9 Å². The molecule has 2 fully saturated rings. The van der Waals surface area contributed by atoms with Gasteiger partial charge >= 0.3 is 0 Å². The Labute approximate surface area is 175 Å². The fourth-order valence-electron chi connectivity index (χ4n) is 3.81. The number of hydrogen-bond donors (Lipinski definition) is 4. The first-order valence-electron chi connectivity index (χ1n) is 9.50. The third-order valence-electron chi connectivity index (χ3n) is 5.52. The van der Waals surface area contributed by atoms with Crippen LogP contribution in [0, 0.1) is 0 Å². The van der Waals surface area contributed by atoms with Crippen molar-refractivity contribution >= 4 is 27.5 Å². The van der Waals surface area contributed by atoms with Crippen LogP contribution in [0.5, 0.6) is 0 Å². The number of aliphatic hydroxyl groups is 1. The summed E-state index contributed by atoms with van der Waals surface area (Å²) in [5.41, 5.74) is 0.140. The Kier molecular flexibility index (Phi) is 7.15. The topological polar surface area (TPSA) is 128 Å². The maximum atomic E-state index is 13.1. The number of halogens is 1. The lowest BCUT2D eigenvalue weighted by molar-refractivity contribution is -0.150. The number of piperidine rings is 2.